The van der Waals surface area contributed by atoms with Gasteiger partial charge in [0.25, 0.3) is 0 Å². The highest BCUT2D eigenvalue weighted by Crippen LogP contribution is 2.29. The number of hydrogen-bond acceptors (Lipinski definition) is 2. The Hall–Kier alpha value is -0.620. The predicted octanol–water partition coefficient (Wildman–Crippen LogP) is -0.849. The van der Waals surface area contributed by atoms with E-state index >= 15 is 0 Å². The number of fused-ring (bicyclic) bond motifs is 1. The van der Waals surface area contributed by atoms with E-state index in [1.165, 1.54) is 0 Å². The third-order valence-corrected chi connectivity index (χ3v) is 3.35. The number of quaternary nitrogens is 1. The van der Waals surface area contributed by atoms with Crippen molar-refractivity contribution in [2.75, 3.05) is 34.3 Å². The number of carbonyl (C=O) groups excluding carboxylic acids is 1. The maximum atomic E-state index is 11.9. The summed E-state index contributed by atoms with van der Waals surface area (Å²) in [5, 5.41) is 0. The largest absolute Gasteiger partial charge is 1.00 e. The molecule has 0 saturated heterocycles. The fourth-order valence-corrected chi connectivity index (χ4v) is 2.18. The smallest absolute Gasteiger partial charge is 0.166 e. The number of benzene rings is 1. The lowest BCUT2D eigenvalue weighted by atomic mass is 10.1. The van der Waals surface area contributed by atoms with Crippen LogP contribution in [-0.2, 0) is 6.42 Å². The van der Waals surface area contributed by atoms with Crippen molar-refractivity contribution < 1.29 is 38.0 Å². The lowest BCUT2D eigenvalue weighted by Crippen LogP contribution is -3.00. The molecule has 0 N–H and O–H groups in total. The topological polar surface area (TPSA) is 26.3 Å². The van der Waals surface area contributed by atoms with Crippen LogP contribution in [-0.4, -0.2) is 44.6 Å². The Kier molecular flexibility index (Phi) is 5.38. The normalized spacial score (nSPS) is 17.9. The molecule has 3 nitrogen and oxygen atoms in total. The fraction of sp³-hybridized carbons (Fsp3) is 0.533. The highest BCUT2D eigenvalue weighted by Gasteiger charge is 2.27. The zero-order chi connectivity index (χ0) is 13.3. The summed E-state index contributed by atoms with van der Waals surface area (Å²) < 4.78 is 6.60. The van der Waals surface area contributed by atoms with E-state index in [-0.39, 0.29) is 35.7 Å². The van der Waals surface area contributed by atoms with Crippen molar-refractivity contribution >= 4 is 5.78 Å². The maximum absolute atomic E-state index is 11.9. The lowest BCUT2D eigenvalue weighted by molar-refractivity contribution is -0.870. The second kappa shape index (κ2) is 6.22. The van der Waals surface area contributed by atoms with Crippen molar-refractivity contribution in [1.29, 1.82) is 0 Å². The van der Waals surface area contributed by atoms with E-state index in [0.29, 0.717) is 6.61 Å². The summed E-state index contributed by atoms with van der Waals surface area (Å²) in [7, 11) is 6.41. The number of nitrogens with zero attached hydrogens (tertiary/aromatic N) is 1. The highest BCUT2D eigenvalue weighted by molar-refractivity contribution is 6.02. The van der Waals surface area contributed by atoms with Crippen molar-refractivity contribution in [3.8, 4) is 5.75 Å². The molecule has 0 bridgehead atoms. The van der Waals surface area contributed by atoms with Crippen LogP contribution in [0.2, 0.25) is 0 Å². The van der Waals surface area contributed by atoms with Gasteiger partial charge in [-0.25, -0.2) is 0 Å². The van der Waals surface area contributed by atoms with Gasteiger partial charge in [-0.1, -0.05) is 13.0 Å². The van der Waals surface area contributed by atoms with E-state index in [2.05, 4.69) is 21.1 Å². The Morgan fingerprint density at radius 1 is 1.32 bits per heavy atom. The molecule has 0 heterocycles. The number of ether oxygens (including phenoxy) is 1. The summed E-state index contributed by atoms with van der Waals surface area (Å²) in [5.74, 6) is 1.19. The van der Waals surface area contributed by atoms with Crippen molar-refractivity contribution in [3.05, 3.63) is 29.3 Å². The van der Waals surface area contributed by atoms with Gasteiger partial charge in [-0.05, 0) is 24.1 Å². The zero-order valence-corrected chi connectivity index (χ0v) is 14.2. The first kappa shape index (κ1) is 16.4. The minimum absolute atomic E-state index is 0. The average molecular weight is 375 g/mol. The summed E-state index contributed by atoms with van der Waals surface area (Å²) in [6, 6.07) is 5.90. The van der Waals surface area contributed by atoms with E-state index in [4.69, 9.17) is 4.74 Å². The van der Waals surface area contributed by atoms with Gasteiger partial charge in [-0.15, -0.1) is 0 Å². The van der Waals surface area contributed by atoms with Crippen LogP contribution in [0.1, 0.15) is 22.8 Å². The predicted molar refractivity (Wildman–Crippen MR) is 72.0 cm³/mol. The van der Waals surface area contributed by atoms with Gasteiger partial charge in [0.05, 0.1) is 21.1 Å². The van der Waals surface area contributed by atoms with Crippen LogP contribution in [0.5, 0.6) is 5.75 Å². The third-order valence-electron chi connectivity index (χ3n) is 3.35. The molecule has 1 aliphatic carbocycles. The molecule has 0 radical (unpaired) electrons. The van der Waals surface area contributed by atoms with Gasteiger partial charge < -0.3 is 33.2 Å². The molecule has 106 valence electrons. The summed E-state index contributed by atoms with van der Waals surface area (Å²) >= 11 is 0. The Labute approximate surface area is 132 Å². The number of rotatable bonds is 4. The molecule has 1 aromatic carbocycles. The standard InChI is InChI=1S/C15H22NO2.HI/c1-11-9-12-5-6-13(10-14(12)15(11)17)18-8-7-16(2,3)4;/h5-6,10-11H,7-9H2,1-4H3;1H/q+1;/p-1. The molecule has 0 aromatic heterocycles. The molecular formula is C15H22INO2. The van der Waals surface area contributed by atoms with Crippen molar-refractivity contribution in [1.82, 2.24) is 0 Å². The molecule has 0 aliphatic heterocycles. The van der Waals surface area contributed by atoms with Crippen LogP contribution in [0.25, 0.3) is 0 Å². The van der Waals surface area contributed by atoms with Crippen molar-refractivity contribution in [3.63, 3.8) is 0 Å². The lowest BCUT2D eigenvalue weighted by Gasteiger charge is -2.23. The van der Waals surface area contributed by atoms with Gasteiger partial charge in [0, 0.05) is 11.5 Å². The van der Waals surface area contributed by atoms with Gasteiger partial charge in [0.1, 0.15) is 18.9 Å². The van der Waals surface area contributed by atoms with E-state index in [9.17, 15) is 4.79 Å². The number of likely N-dealkylation sites (N-methyl/N-ethyl adjacent to an activating group) is 1. The Bertz CT molecular complexity index is 466. The second-order valence-corrected chi connectivity index (χ2v) is 6.15. The third kappa shape index (κ3) is 4.18. The van der Waals surface area contributed by atoms with Crippen LogP contribution >= 0.6 is 0 Å². The SMILES string of the molecule is CC1Cc2ccc(OCC[N+](C)(C)C)cc2C1=O.[I-]. The molecule has 1 unspecified atom stereocenters. The first-order chi connectivity index (χ1) is 8.37. The average Bonchev–Trinajstić information content (AvgIpc) is 2.54. The Morgan fingerprint density at radius 3 is 2.63 bits per heavy atom. The maximum Gasteiger partial charge on any atom is 0.166 e. The van der Waals surface area contributed by atoms with E-state index < -0.39 is 0 Å². The molecule has 0 amide bonds. The van der Waals surface area contributed by atoms with Gasteiger partial charge in [0.15, 0.2) is 5.78 Å². The van der Waals surface area contributed by atoms with Crippen LogP contribution in [0.3, 0.4) is 0 Å². The molecule has 1 aromatic rings. The monoisotopic (exact) mass is 375 g/mol. The molecule has 1 atom stereocenters. The van der Waals surface area contributed by atoms with Crippen LogP contribution in [0, 0.1) is 5.92 Å². The van der Waals surface area contributed by atoms with Crippen LogP contribution in [0.4, 0.5) is 0 Å². The molecule has 2 rings (SSSR count). The minimum Gasteiger partial charge on any atom is -1.00 e. The second-order valence-electron chi connectivity index (χ2n) is 6.15. The van der Waals surface area contributed by atoms with Crippen molar-refractivity contribution in [2.24, 2.45) is 5.92 Å². The summed E-state index contributed by atoms with van der Waals surface area (Å²) in [6.45, 7) is 3.60. The molecule has 4 heteroatoms. The number of ketones is 1. The quantitative estimate of drug-likeness (QED) is 0.507. The molecule has 19 heavy (non-hydrogen) atoms. The van der Waals surface area contributed by atoms with Gasteiger partial charge in [0.2, 0.25) is 0 Å². The summed E-state index contributed by atoms with van der Waals surface area (Å²) in [4.78, 5) is 11.9. The van der Waals surface area contributed by atoms with E-state index in [1.807, 2.05) is 25.1 Å². The molecular weight excluding hydrogens is 353 g/mol. The van der Waals surface area contributed by atoms with Gasteiger partial charge >= 0.3 is 0 Å². The Morgan fingerprint density at radius 2 is 2.00 bits per heavy atom. The summed E-state index contributed by atoms with van der Waals surface area (Å²) in [5.41, 5.74) is 2.01. The molecule has 1 aliphatic rings. The van der Waals surface area contributed by atoms with Gasteiger partial charge in [-0.3, -0.25) is 4.79 Å². The number of carbonyl (C=O) groups is 1. The van der Waals surface area contributed by atoms with E-state index in [1.54, 1.807) is 0 Å². The first-order valence-electron chi connectivity index (χ1n) is 6.47. The number of halogens is 1. The highest BCUT2D eigenvalue weighted by atomic mass is 127. The van der Waals surface area contributed by atoms with E-state index in [0.717, 1.165) is 34.3 Å². The van der Waals surface area contributed by atoms with Crippen molar-refractivity contribution in [2.45, 2.75) is 13.3 Å². The molecule has 0 fully saturated rings. The zero-order valence-electron chi connectivity index (χ0n) is 12.1. The molecule has 0 spiro atoms. The number of hydrogen-bond donors (Lipinski definition) is 0. The number of Topliss-reactive ketones (excluding diaryl/α,β-unsaturated/α-hetero) is 1. The fourth-order valence-electron chi connectivity index (χ4n) is 2.18. The first-order valence-corrected chi connectivity index (χ1v) is 6.47. The van der Waals surface area contributed by atoms with Crippen LogP contribution < -0.4 is 28.7 Å². The minimum atomic E-state index is 0. The Balaban J connectivity index is 0.00000180. The van der Waals surface area contributed by atoms with Crippen LogP contribution in [0.15, 0.2) is 18.2 Å². The summed E-state index contributed by atoms with van der Waals surface area (Å²) in [6.07, 6.45) is 0.868. The van der Waals surface area contributed by atoms with Gasteiger partial charge in [-0.2, -0.15) is 0 Å². The molecule has 0 saturated carbocycles.